The van der Waals surface area contributed by atoms with Gasteiger partial charge in [-0.05, 0) is 36.4 Å². The fourth-order valence-corrected chi connectivity index (χ4v) is 4.16. The second-order valence-corrected chi connectivity index (χ2v) is 8.37. The average Bonchev–Trinajstić information content (AvgIpc) is 2.69. The summed E-state index contributed by atoms with van der Waals surface area (Å²) in [4.78, 5) is 30.2. The quantitative estimate of drug-likeness (QED) is 0.762. The minimum atomic E-state index is -0.805. The van der Waals surface area contributed by atoms with Crippen LogP contribution < -0.4 is 0 Å². The molecule has 1 N–H and O–H groups in total. The number of rotatable bonds is 6. The van der Waals surface area contributed by atoms with Gasteiger partial charge in [0.05, 0.1) is 6.54 Å². The number of aliphatic carboxylic acids is 1. The number of carbonyl (C=O) groups is 2. The third-order valence-corrected chi connectivity index (χ3v) is 6.01. The third-order valence-electron chi connectivity index (χ3n) is 6.01. The van der Waals surface area contributed by atoms with Crippen molar-refractivity contribution >= 4 is 24.3 Å². The van der Waals surface area contributed by atoms with Crippen LogP contribution in [0, 0.1) is 0 Å². The van der Waals surface area contributed by atoms with E-state index < -0.39 is 12.0 Å². The molecule has 29 heavy (non-hydrogen) atoms. The van der Waals surface area contributed by atoms with Gasteiger partial charge in [-0.1, -0.05) is 44.5 Å². The number of hydrogen-bond acceptors (Lipinski definition) is 4. The van der Waals surface area contributed by atoms with Crippen LogP contribution in [0.4, 0.5) is 0 Å². The molecule has 0 bridgehead atoms. The summed E-state index contributed by atoms with van der Waals surface area (Å²) in [5.41, 5.74) is 2.67. The number of benzene rings is 1. The number of amides is 1. The molecule has 0 spiro atoms. The van der Waals surface area contributed by atoms with Crippen molar-refractivity contribution in [2.45, 2.75) is 51.6 Å². The van der Waals surface area contributed by atoms with Crippen LogP contribution in [0.3, 0.4) is 0 Å². The first-order valence-electron chi connectivity index (χ1n) is 10.5. The Hall–Kier alpha value is -1.63. The first-order valence-corrected chi connectivity index (χ1v) is 10.5. The normalized spacial score (nSPS) is 21.1. The lowest BCUT2D eigenvalue weighted by molar-refractivity contribution is -0.146. The second kappa shape index (κ2) is 11.0. The van der Waals surface area contributed by atoms with E-state index in [1.54, 1.807) is 0 Å². The maximum Gasteiger partial charge on any atom is 0.320 e. The van der Waals surface area contributed by atoms with Crippen molar-refractivity contribution in [1.29, 1.82) is 0 Å². The number of carboxylic acid groups (broad SMARTS) is 1. The number of hydrogen-bond donors (Lipinski definition) is 1. The van der Waals surface area contributed by atoms with E-state index in [4.69, 9.17) is 0 Å². The predicted molar refractivity (Wildman–Crippen MR) is 116 cm³/mol. The molecule has 3 rings (SSSR count). The Kier molecular flexibility index (Phi) is 8.93. The highest BCUT2D eigenvalue weighted by Crippen LogP contribution is 2.18. The minimum absolute atomic E-state index is 0. The Balaban J connectivity index is 0.00000300. The first kappa shape index (κ1) is 23.6. The zero-order valence-corrected chi connectivity index (χ0v) is 18.4. The van der Waals surface area contributed by atoms with Crippen LogP contribution in [0.2, 0.25) is 0 Å². The fraction of sp³-hybridized carbons (Fsp3) is 0.636. The predicted octanol–water partition coefficient (Wildman–Crippen LogP) is 2.82. The molecule has 1 atom stereocenters. The van der Waals surface area contributed by atoms with Crippen molar-refractivity contribution in [3.8, 4) is 0 Å². The minimum Gasteiger partial charge on any atom is -0.480 e. The Morgan fingerprint density at radius 2 is 1.69 bits per heavy atom. The van der Waals surface area contributed by atoms with Crippen LogP contribution in [-0.2, 0) is 16.1 Å². The van der Waals surface area contributed by atoms with Crippen molar-refractivity contribution in [3.05, 3.63) is 35.4 Å². The molecule has 0 aliphatic carbocycles. The molecule has 2 fully saturated rings. The number of piperidine rings is 1. The number of carboxylic acids is 1. The number of piperazine rings is 1. The maximum atomic E-state index is 12.7. The molecule has 6 nitrogen and oxygen atoms in total. The van der Waals surface area contributed by atoms with Gasteiger partial charge in [-0.2, -0.15) is 0 Å². The molecule has 1 unspecified atom stereocenters. The third kappa shape index (κ3) is 6.43. The van der Waals surface area contributed by atoms with Gasteiger partial charge in [0.1, 0.15) is 6.04 Å². The molecule has 7 heteroatoms. The highest BCUT2D eigenvalue weighted by atomic mass is 35.5. The largest absolute Gasteiger partial charge is 0.480 e. The zero-order valence-electron chi connectivity index (χ0n) is 17.5. The van der Waals surface area contributed by atoms with Crippen LogP contribution in [-0.4, -0.2) is 77.0 Å². The number of likely N-dealkylation sites (tertiary alicyclic amines) is 1. The lowest BCUT2D eigenvalue weighted by atomic mass is 10.0. The van der Waals surface area contributed by atoms with Gasteiger partial charge in [0.25, 0.3) is 0 Å². The average molecular weight is 424 g/mol. The summed E-state index contributed by atoms with van der Waals surface area (Å²) in [6.07, 6.45) is 2.55. The standard InChI is InChI=1S/C22H33N3O3.ClH/c1-17(2)19-8-6-18(7-9-19)15-23-11-13-24(14-12-23)21(26)16-25-10-4-3-5-20(25)22(27)28;/h6-9,17,20H,3-5,10-16H2,1-2H3,(H,27,28);1H. The van der Waals surface area contributed by atoms with Crippen LogP contribution in [0.25, 0.3) is 0 Å². The van der Waals surface area contributed by atoms with E-state index in [1.807, 2.05) is 9.80 Å². The summed E-state index contributed by atoms with van der Waals surface area (Å²) >= 11 is 0. The van der Waals surface area contributed by atoms with Crippen molar-refractivity contribution in [2.75, 3.05) is 39.3 Å². The summed E-state index contributed by atoms with van der Waals surface area (Å²) < 4.78 is 0. The van der Waals surface area contributed by atoms with E-state index >= 15 is 0 Å². The van der Waals surface area contributed by atoms with Gasteiger partial charge in [0.15, 0.2) is 0 Å². The lowest BCUT2D eigenvalue weighted by Gasteiger charge is -2.37. The molecule has 2 saturated heterocycles. The maximum absolute atomic E-state index is 12.7. The highest BCUT2D eigenvalue weighted by Gasteiger charge is 2.31. The molecule has 0 saturated carbocycles. The summed E-state index contributed by atoms with van der Waals surface area (Å²) in [7, 11) is 0. The lowest BCUT2D eigenvalue weighted by Crippen LogP contribution is -2.53. The van der Waals surface area contributed by atoms with Crippen LogP contribution in [0.15, 0.2) is 24.3 Å². The van der Waals surface area contributed by atoms with E-state index in [-0.39, 0.29) is 24.9 Å². The summed E-state index contributed by atoms with van der Waals surface area (Å²) in [5, 5.41) is 9.38. The van der Waals surface area contributed by atoms with Gasteiger partial charge in [-0.3, -0.25) is 19.4 Å². The summed E-state index contributed by atoms with van der Waals surface area (Å²) in [6, 6.07) is 8.31. The van der Waals surface area contributed by atoms with Crippen molar-refractivity contribution in [3.63, 3.8) is 0 Å². The highest BCUT2D eigenvalue weighted by molar-refractivity contribution is 5.85. The van der Waals surface area contributed by atoms with Gasteiger partial charge in [0.2, 0.25) is 5.91 Å². The van der Waals surface area contributed by atoms with Gasteiger partial charge in [-0.25, -0.2) is 0 Å². The Morgan fingerprint density at radius 1 is 1.03 bits per heavy atom. The first-order chi connectivity index (χ1) is 13.4. The smallest absolute Gasteiger partial charge is 0.320 e. The number of carbonyl (C=O) groups excluding carboxylic acids is 1. The van der Waals surface area contributed by atoms with Crippen molar-refractivity contribution in [1.82, 2.24) is 14.7 Å². The molecule has 1 aromatic carbocycles. The molecule has 1 amide bonds. The molecule has 162 valence electrons. The summed E-state index contributed by atoms with van der Waals surface area (Å²) in [5.74, 6) is -0.195. The van der Waals surface area contributed by atoms with E-state index in [0.29, 0.717) is 32.0 Å². The second-order valence-electron chi connectivity index (χ2n) is 8.37. The molecule has 2 heterocycles. The van der Waals surface area contributed by atoms with Crippen molar-refractivity contribution < 1.29 is 14.7 Å². The molecule has 0 aromatic heterocycles. The SMILES string of the molecule is CC(C)c1ccc(CN2CCN(C(=O)CN3CCCCC3C(=O)O)CC2)cc1.Cl. The Morgan fingerprint density at radius 3 is 2.28 bits per heavy atom. The molecular formula is C22H34ClN3O3. The van der Waals surface area contributed by atoms with Gasteiger partial charge in [0, 0.05) is 32.7 Å². The zero-order chi connectivity index (χ0) is 20.1. The van der Waals surface area contributed by atoms with Gasteiger partial charge >= 0.3 is 5.97 Å². The molecule has 0 radical (unpaired) electrons. The monoisotopic (exact) mass is 423 g/mol. The number of halogens is 1. The molecular weight excluding hydrogens is 390 g/mol. The van der Waals surface area contributed by atoms with Crippen LogP contribution >= 0.6 is 12.4 Å². The van der Waals surface area contributed by atoms with Crippen LogP contribution in [0.1, 0.15) is 50.2 Å². The number of nitrogens with zero attached hydrogens (tertiary/aromatic N) is 3. The topological polar surface area (TPSA) is 64.1 Å². The van der Waals surface area contributed by atoms with Crippen molar-refractivity contribution in [2.24, 2.45) is 0 Å². The summed E-state index contributed by atoms with van der Waals surface area (Å²) in [6.45, 7) is 9.40. The van der Waals surface area contributed by atoms with E-state index in [9.17, 15) is 14.7 Å². The molecule has 1 aromatic rings. The van der Waals surface area contributed by atoms with Crippen LogP contribution in [0.5, 0.6) is 0 Å². The Bertz CT molecular complexity index is 672. The molecule has 2 aliphatic rings. The van der Waals surface area contributed by atoms with E-state index in [1.165, 1.54) is 11.1 Å². The fourth-order valence-electron chi connectivity index (χ4n) is 4.16. The Labute approximate surface area is 180 Å². The van der Waals surface area contributed by atoms with E-state index in [0.717, 1.165) is 32.5 Å². The van der Waals surface area contributed by atoms with Gasteiger partial charge in [-0.15, -0.1) is 12.4 Å². The molecule has 2 aliphatic heterocycles. The van der Waals surface area contributed by atoms with Gasteiger partial charge < -0.3 is 10.0 Å². The van der Waals surface area contributed by atoms with E-state index in [2.05, 4.69) is 43.0 Å².